The second-order valence-corrected chi connectivity index (χ2v) is 5.01. The maximum absolute atomic E-state index is 12.0. The first-order chi connectivity index (χ1) is 6.79. The summed E-state index contributed by atoms with van der Waals surface area (Å²) in [5.74, 6) is 0. The maximum atomic E-state index is 12.0. The zero-order valence-corrected chi connectivity index (χ0v) is 8.88. The van der Waals surface area contributed by atoms with Crippen LogP contribution in [0, 0.1) is 6.92 Å². The molecular weight excluding hydrogens is 198 g/mol. The van der Waals surface area contributed by atoms with E-state index in [1.807, 2.05) is 6.92 Å². The minimum absolute atomic E-state index is 0.199. The van der Waals surface area contributed by atoms with Gasteiger partial charge in [-0.05, 0) is 19.9 Å². The van der Waals surface area contributed by atoms with E-state index in [1.165, 1.54) is 0 Å². The van der Waals surface area contributed by atoms with Crippen molar-refractivity contribution >= 4 is 10.8 Å². The molecule has 5 heteroatoms. The quantitative estimate of drug-likeness (QED) is 0.762. The van der Waals surface area contributed by atoms with E-state index in [4.69, 9.17) is 0 Å². The lowest BCUT2D eigenvalue weighted by Gasteiger charge is -2.08. The molecule has 1 saturated heterocycles. The number of aryl methyl sites for hydroxylation is 1. The molecule has 0 unspecified atom stereocenters. The molecule has 2 heterocycles. The first kappa shape index (κ1) is 9.73. The van der Waals surface area contributed by atoms with Crippen LogP contribution in [-0.4, -0.2) is 32.5 Å². The molecule has 1 aromatic heterocycles. The third-order valence-electron chi connectivity index (χ3n) is 2.34. The van der Waals surface area contributed by atoms with Crippen molar-refractivity contribution in [3.63, 3.8) is 0 Å². The molecule has 0 amide bonds. The monoisotopic (exact) mass is 211 g/mol. The van der Waals surface area contributed by atoms with Gasteiger partial charge in [0.25, 0.3) is 0 Å². The molecule has 1 fully saturated rings. The Morgan fingerprint density at radius 2 is 2.29 bits per heavy atom. The fourth-order valence-electron chi connectivity index (χ4n) is 1.56. The van der Waals surface area contributed by atoms with Gasteiger partial charge in [-0.1, -0.05) is 0 Å². The van der Waals surface area contributed by atoms with Gasteiger partial charge in [-0.3, -0.25) is 9.19 Å². The Hall–Kier alpha value is -0.810. The first-order valence-corrected chi connectivity index (χ1v) is 5.89. The Labute approximate surface area is 85.6 Å². The molecule has 1 aliphatic heterocycles. The van der Waals surface area contributed by atoms with Crippen LogP contribution >= 0.6 is 0 Å². The smallest absolute Gasteiger partial charge is 0.148 e. The van der Waals surface area contributed by atoms with Gasteiger partial charge < -0.3 is 5.32 Å². The predicted octanol–water partition coefficient (Wildman–Crippen LogP) is 0.255. The van der Waals surface area contributed by atoms with Crippen molar-refractivity contribution in [1.82, 2.24) is 15.3 Å². The highest BCUT2D eigenvalue weighted by Crippen LogP contribution is 2.15. The number of aromatic nitrogens is 2. The Morgan fingerprint density at radius 3 is 2.93 bits per heavy atom. The largest absolute Gasteiger partial charge is 0.315 e. The molecule has 0 radical (unpaired) electrons. The lowest BCUT2D eigenvalue weighted by atomic mass is 10.4. The fraction of sp³-hybridized carbons (Fsp3) is 0.556. The molecule has 0 spiro atoms. The highest BCUT2D eigenvalue weighted by atomic mass is 32.2. The van der Waals surface area contributed by atoms with Crippen molar-refractivity contribution in [1.29, 1.82) is 0 Å². The van der Waals surface area contributed by atoms with E-state index in [2.05, 4.69) is 15.3 Å². The van der Waals surface area contributed by atoms with E-state index in [9.17, 15) is 4.21 Å². The molecule has 0 saturated carbocycles. The van der Waals surface area contributed by atoms with Gasteiger partial charge in [0.1, 0.15) is 5.03 Å². The van der Waals surface area contributed by atoms with Crippen LogP contribution in [0.15, 0.2) is 17.4 Å². The van der Waals surface area contributed by atoms with Crippen LogP contribution in [0.3, 0.4) is 0 Å². The van der Waals surface area contributed by atoms with E-state index >= 15 is 0 Å². The zero-order valence-electron chi connectivity index (χ0n) is 8.06. The van der Waals surface area contributed by atoms with Crippen LogP contribution in [-0.2, 0) is 10.8 Å². The molecule has 4 nitrogen and oxygen atoms in total. The summed E-state index contributed by atoms with van der Waals surface area (Å²) in [6.45, 7) is 3.63. The Kier molecular flexibility index (Phi) is 2.88. The number of hydrogen-bond donors (Lipinski definition) is 1. The number of nitrogens with one attached hydrogen (secondary N) is 1. The summed E-state index contributed by atoms with van der Waals surface area (Å²) >= 11 is 0. The maximum Gasteiger partial charge on any atom is 0.148 e. The molecule has 14 heavy (non-hydrogen) atoms. The number of rotatable bonds is 2. The van der Waals surface area contributed by atoms with Crippen LogP contribution in [0.5, 0.6) is 0 Å². The van der Waals surface area contributed by atoms with Crippen molar-refractivity contribution in [2.75, 3.05) is 13.1 Å². The van der Waals surface area contributed by atoms with Crippen LogP contribution in [0.1, 0.15) is 12.1 Å². The fourth-order valence-corrected chi connectivity index (χ4v) is 2.99. The van der Waals surface area contributed by atoms with Crippen molar-refractivity contribution < 1.29 is 4.21 Å². The normalized spacial score (nSPS) is 23.6. The Morgan fingerprint density at radius 1 is 1.50 bits per heavy atom. The van der Waals surface area contributed by atoms with E-state index in [-0.39, 0.29) is 5.25 Å². The van der Waals surface area contributed by atoms with E-state index < -0.39 is 10.8 Å². The van der Waals surface area contributed by atoms with Gasteiger partial charge in [-0.2, -0.15) is 0 Å². The van der Waals surface area contributed by atoms with Gasteiger partial charge in [0.15, 0.2) is 0 Å². The van der Waals surface area contributed by atoms with Gasteiger partial charge in [-0.25, -0.2) is 4.98 Å². The summed E-state index contributed by atoms with van der Waals surface area (Å²) in [5.41, 5.74) is 0.776. The van der Waals surface area contributed by atoms with Gasteiger partial charge in [0, 0.05) is 18.9 Å². The van der Waals surface area contributed by atoms with Crippen molar-refractivity contribution in [2.45, 2.75) is 23.6 Å². The zero-order chi connectivity index (χ0) is 9.97. The summed E-state index contributed by atoms with van der Waals surface area (Å²) < 4.78 is 12.0. The van der Waals surface area contributed by atoms with E-state index in [0.717, 1.165) is 25.2 Å². The van der Waals surface area contributed by atoms with Gasteiger partial charge in [0.2, 0.25) is 0 Å². The molecule has 0 aliphatic carbocycles. The molecular formula is C9H13N3OS. The average Bonchev–Trinajstić information content (AvgIpc) is 2.70. The molecule has 1 aromatic rings. The standard InChI is InChI=1S/C9H13N3OS/c1-7-9(12-5-4-11-7)14(13)8-2-3-10-6-8/h4-5,8,10H,2-3,6H2,1H3/t8-,14-/m0/s1. The van der Waals surface area contributed by atoms with Crippen molar-refractivity contribution in [3.8, 4) is 0 Å². The van der Waals surface area contributed by atoms with Crippen molar-refractivity contribution in [3.05, 3.63) is 18.1 Å². The Balaban J connectivity index is 2.22. The lowest BCUT2D eigenvalue weighted by Crippen LogP contribution is -2.20. The second-order valence-electron chi connectivity index (χ2n) is 3.36. The first-order valence-electron chi connectivity index (χ1n) is 4.68. The molecule has 1 aliphatic rings. The van der Waals surface area contributed by atoms with Crippen LogP contribution < -0.4 is 5.32 Å². The lowest BCUT2D eigenvalue weighted by molar-refractivity contribution is 0.667. The topological polar surface area (TPSA) is 54.9 Å². The third-order valence-corrected chi connectivity index (χ3v) is 4.13. The van der Waals surface area contributed by atoms with Crippen LogP contribution in [0.2, 0.25) is 0 Å². The number of nitrogens with zero attached hydrogens (tertiary/aromatic N) is 2. The molecule has 1 N–H and O–H groups in total. The van der Waals surface area contributed by atoms with Crippen LogP contribution in [0.25, 0.3) is 0 Å². The second kappa shape index (κ2) is 4.14. The summed E-state index contributed by atoms with van der Waals surface area (Å²) in [6, 6.07) is 0. The van der Waals surface area contributed by atoms with Crippen molar-refractivity contribution in [2.24, 2.45) is 0 Å². The number of hydrogen-bond acceptors (Lipinski definition) is 4. The summed E-state index contributed by atoms with van der Waals surface area (Å²) in [5, 5.41) is 4.04. The molecule has 0 aromatic carbocycles. The highest BCUT2D eigenvalue weighted by Gasteiger charge is 2.24. The highest BCUT2D eigenvalue weighted by molar-refractivity contribution is 7.85. The minimum atomic E-state index is -1.01. The summed E-state index contributed by atoms with van der Waals surface area (Å²) in [7, 11) is -1.01. The van der Waals surface area contributed by atoms with Gasteiger partial charge >= 0.3 is 0 Å². The molecule has 2 atom stereocenters. The average molecular weight is 211 g/mol. The third kappa shape index (κ3) is 1.83. The molecule has 76 valence electrons. The molecule has 0 bridgehead atoms. The summed E-state index contributed by atoms with van der Waals surface area (Å²) in [4.78, 5) is 8.23. The molecule has 2 rings (SSSR count). The summed E-state index contributed by atoms with van der Waals surface area (Å²) in [6.07, 6.45) is 4.19. The van der Waals surface area contributed by atoms with Crippen LogP contribution in [0.4, 0.5) is 0 Å². The minimum Gasteiger partial charge on any atom is -0.315 e. The van der Waals surface area contributed by atoms with Gasteiger partial charge in [-0.15, -0.1) is 0 Å². The van der Waals surface area contributed by atoms with Gasteiger partial charge in [0.05, 0.1) is 21.7 Å². The van der Waals surface area contributed by atoms with E-state index in [1.54, 1.807) is 12.4 Å². The SMILES string of the molecule is Cc1nccnc1[S@@](=O)[C@H]1CCNC1. The Bertz CT molecular complexity index is 350. The van der Waals surface area contributed by atoms with E-state index in [0.29, 0.717) is 5.03 Å². The predicted molar refractivity (Wildman–Crippen MR) is 54.5 cm³/mol.